The van der Waals surface area contributed by atoms with Crippen molar-refractivity contribution in [2.75, 3.05) is 0 Å². The van der Waals surface area contributed by atoms with Crippen LogP contribution < -0.4 is 0 Å². The monoisotopic (exact) mass is 532 g/mol. The number of ketones is 1. The minimum atomic E-state index is -1.25. The van der Waals surface area contributed by atoms with Gasteiger partial charge in [-0.15, -0.1) is 0 Å². The summed E-state index contributed by atoms with van der Waals surface area (Å²) in [5, 5.41) is 21.6. The quantitative estimate of drug-likeness (QED) is 0.469. The number of ether oxygens (including phenoxy) is 2. The lowest BCUT2D eigenvalue weighted by molar-refractivity contribution is -0.200. The summed E-state index contributed by atoms with van der Waals surface area (Å²) >= 11 is 0. The highest BCUT2D eigenvalue weighted by Gasteiger charge is 2.81. The molecule has 6 rings (SSSR count). The maximum absolute atomic E-state index is 14.2. The molecule has 0 aromatic carbocycles. The van der Waals surface area contributed by atoms with Crippen LogP contribution >= 0.6 is 0 Å². The lowest BCUT2D eigenvalue weighted by Crippen LogP contribution is -2.55. The second kappa shape index (κ2) is 9.01. The first-order chi connectivity index (χ1) is 17.7. The van der Waals surface area contributed by atoms with Crippen LogP contribution in [0.1, 0.15) is 113 Å². The molecule has 11 unspecified atom stereocenters. The highest BCUT2D eigenvalue weighted by atomic mass is 16.6. The molecule has 6 fully saturated rings. The minimum Gasteiger partial charge on any atom is -0.457 e. The van der Waals surface area contributed by atoms with Crippen LogP contribution in [0.25, 0.3) is 0 Å². The Bertz CT molecular complexity index is 967. The van der Waals surface area contributed by atoms with Crippen LogP contribution in [0.2, 0.25) is 0 Å². The summed E-state index contributed by atoms with van der Waals surface area (Å²) < 4.78 is 12.1. The molecular formula is C32H52O6. The summed E-state index contributed by atoms with van der Waals surface area (Å²) in [4.78, 5) is 26.0. The van der Waals surface area contributed by atoms with Gasteiger partial charge in [0.05, 0.1) is 17.8 Å². The molecule has 0 aromatic heterocycles. The van der Waals surface area contributed by atoms with Gasteiger partial charge < -0.3 is 19.7 Å². The molecule has 0 bridgehead atoms. The number of fused-ring (bicyclic) bond motifs is 4. The fourth-order valence-corrected chi connectivity index (χ4v) is 11.1. The van der Waals surface area contributed by atoms with Crippen molar-refractivity contribution in [2.24, 2.45) is 45.3 Å². The number of aliphatic hydroxyl groups is 2. The highest BCUT2D eigenvalue weighted by molar-refractivity contribution is 5.90. The second-order valence-corrected chi connectivity index (χ2v) is 14.9. The molecule has 1 heterocycles. The number of carbonyl (C=O) groups is 2. The Balaban J connectivity index is 0.00000144. The van der Waals surface area contributed by atoms with Crippen LogP contribution in [0.3, 0.4) is 0 Å². The van der Waals surface area contributed by atoms with E-state index >= 15 is 0 Å². The van der Waals surface area contributed by atoms with E-state index in [1.165, 1.54) is 19.8 Å². The fourth-order valence-electron chi connectivity index (χ4n) is 11.1. The smallest absolute Gasteiger partial charge is 0.303 e. The number of esters is 1. The van der Waals surface area contributed by atoms with Crippen LogP contribution in [0.4, 0.5) is 0 Å². The maximum atomic E-state index is 14.2. The first-order valence-electron chi connectivity index (χ1n) is 15.5. The van der Waals surface area contributed by atoms with E-state index in [9.17, 15) is 19.8 Å². The first kappa shape index (κ1) is 28.5. The molecule has 38 heavy (non-hydrogen) atoms. The third-order valence-electron chi connectivity index (χ3n) is 12.7. The van der Waals surface area contributed by atoms with Gasteiger partial charge in [-0.25, -0.2) is 0 Å². The number of hydrogen-bond donors (Lipinski definition) is 2. The lowest BCUT2D eigenvalue weighted by Gasteiger charge is -2.58. The van der Waals surface area contributed by atoms with E-state index in [0.717, 1.165) is 38.5 Å². The zero-order chi connectivity index (χ0) is 28.1. The minimum absolute atomic E-state index is 0.0320. The van der Waals surface area contributed by atoms with Crippen LogP contribution in [0, 0.1) is 45.3 Å². The van der Waals surface area contributed by atoms with Gasteiger partial charge in [0.2, 0.25) is 0 Å². The standard InChI is InChI=1S/C30H46O6.C2H6/c1-16(31)35-25(27(4,5)34)19-9-7-18-24(36-19)23(33)22-17-8-10-20-26(2,3)21(32)11-12-30(20)15-29(17,30)14-13-28(18,22)6;1-2/h17-22,24-25,32,34H,7-15H2,1-6H3;1-2H3. The van der Waals surface area contributed by atoms with Gasteiger partial charge in [-0.2, -0.15) is 0 Å². The first-order valence-corrected chi connectivity index (χ1v) is 15.5. The lowest BCUT2D eigenvalue weighted by atomic mass is 9.46. The van der Waals surface area contributed by atoms with E-state index in [0.29, 0.717) is 23.7 Å². The number of Topliss-reactive ketones (excluding diaryl/α,β-unsaturated/α-hetero) is 1. The Morgan fingerprint density at radius 2 is 1.66 bits per heavy atom. The van der Waals surface area contributed by atoms with Crippen molar-refractivity contribution < 1.29 is 29.3 Å². The number of aliphatic hydroxyl groups excluding tert-OH is 1. The molecular weight excluding hydrogens is 480 g/mol. The van der Waals surface area contributed by atoms with Gasteiger partial charge in [-0.3, -0.25) is 9.59 Å². The summed E-state index contributed by atoms with van der Waals surface area (Å²) in [7, 11) is 0. The summed E-state index contributed by atoms with van der Waals surface area (Å²) in [6.45, 7) is 15.5. The van der Waals surface area contributed by atoms with Crippen LogP contribution in [0.5, 0.6) is 0 Å². The molecule has 1 saturated heterocycles. The topological polar surface area (TPSA) is 93.1 Å². The van der Waals surface area contributed by atoms with Gasteiger partial charge in [0.1, 0.15) is 6.10 Å². The molecule has 0 amide bonds. The zero-order valence-electron chi connectivity index (χ0n) is 25.0. The number of carbonyl (C=O) groups excluding carboxylic acids is 2. The summed E-state index contributed by atoms with van der Waals surface area (Å²) in [6.07, 6.45) is 7.31. The van der Waals surface area contributed by atoms with Crippen molar-refractivity contribution >= 4 is 11.8 Å². The van der Waals surface area contributed by atoms with Gasteiger partial charge in [0.25, 0.3) is 0 Å². The SMILES string of the molecule is CC.CC(=O)OC(C1CCC2C(O1)C(=O)C1C3CCC4C(C)(C)C(O)CCC45CC35CCC21C)C(C)(C)O. The van der Waals surface area contributed by atoms with E-state index in [1.807, 2.05) is 13.8 Å². The van der Waals surface area contributed by atoms with Gasteiger partial charge in [0, 0.05) is 12.8 Å². The molecule has 6 aliphatic rings. The predicted octanol–water partition coefficient (Wildman–Crippen LogP) is 5.46. The van der Waals surface area contributed by atoms with E-state index in [-0.39, 0.29) is 40.0 Å². The second-order valence-electron chi connectivity index (χ2n) is 14.9. The molecule has 1 aliphatic heterocycles. The molecule has 2 spiro atoms. The zero-order valence-corrected chi connectivity index (χ0v) is 25.0. The largest absolute Gasteiger partial charge is 0.457 e. The van der Waals surface area contributed by atoms with E-state index in [1.54, 1.807) is 13.8 Å². The normalized spacial score (nSPS) is 49.1. The van der Waals surface area contributed by atoms with Gasteiger partial charge >= 0.3 is 5.97 Å². The summed E-state index contributed by atoms with van der Waals surface area (Å²) in [5.41, 5.74) is -0.788. The molecule has 11 atom stereocenters. The Morgan fingerprint density at radius 1 is 1.00 bits per heavy atom. The van der Waals surface area contributed by atoms with Crippen LogP contribution in [0.15, 0.2) is 0 Å². The third-order valence-corrected chi connectivity index (χ3v) is 12.7. The fraction of sp³-hybridized carbons (Fsp3) is 0.938. The third kappa shape index (κ3) is 3.67. The van der Waals surface area contributed by atoms with Gasteiger partial charge in [-0.1, -0.05) is 34.6 Å². The van der Waals surface area contributed by atoms with E-state index < -0.39 is 29.9 Å². The average Bonchev–Trinajstić information content (AvgIpc) is 3.47. The molecule has 5 aliphatic carbocycles. The molecule has 0 aromatic rings. The molecule has 2 N–H and O–H groups in total. The van der Waals surface area contributed by atoms with Crippen molar-refractivity contribution in [1.29, 1.82) is 0 Å². The molecule has 6 nitrogen and oxygen atoms in total. The summed E-state index contributed by atoms with van der Waals surface area (Å²) in [5.74, 6) is 1.01. The van der Waals surface area contributed by atoms with Crippen molar-refractivity contribution in [3.05, 3.63) is 0 Å². The highest BCUT2D eigenvalue weighted by Crippen LogP contribution is 2.86. The maximum Gasteiger partial charge on any atom is 0.303 e. The van der Waals surface area contributed by atoms with Crippen molar-refractivity contribution in [3.63, 3.8) is 0 Å². The average molecular weight is 533 g/mol. The summed E-state index contributed by atoms with van der Waals surface area (Å²) in [6, 6.07) is 0. The van der Waals surface area contributed by atoms with Crippen LogP contribution in [-0.2, 0) is 19.1 Å². The van der Waals surface area contributed by atoms with Crippen molar-refractivity contribution in [2.45, 2.75) is 143 Å². The van der Waals surface area contributed by atoms with Crippen molar-refractivity contribution in [1.82, 2.24) is 0 Å². The van der Waals surface area contributed by atoms with Gasteiger partial charge in [-0.05, 0) is 111 Å². The number of rotatable bonds is 3. The predicted molar refractivity (Wildman–Crippen MR) is 145 cm³/mol. The Kier molecular flexibility index (Phi) is 6.77. The molecule has 216 valence electrons. The Hall–Kier alpha value is -0.980. The Morgan fingerprint density at radius 3 is 2.29 bits per heavy atom. The Labute approximate surface area is 229 Å². The molecule has 5 saturated carbocycles. The van der Waals surface area contributed by atoms with Gasteiger partial charge in [0.15, 0.2) is 11.9 Å². The van der Waals surface area contributed by atoms with Crippen LogP contribution in [-0.4, -0.2) is 52.0 Å². The van der Waals surface area contributed by atoms with Crippen molar-refractivity contribution in [3.8, 4) is 0 Å². The molecule has 6 heteroatoms. The molecule has 0 radical (unpaired) electrons. The number of hydrogen-bond acceptors (Lipinski definition) is 6. The van der Waals surface area contributed by atoms with E-state index in [4.69, 9.17) is 9.47 Å². The van der Waals surface area contributed by atoms with E-state index in [2.05, 4.69) is 20.8 Å².